The summed E-state index contributed by atoms with van der Waals surface area (Å²) >= 11 is 1.25. The molecule has 0 aliphatic heterocycles. The Morgan fingerprint density at radius 2 is 2.57 bits per heavy atom. The maximum atomic E-state index is 11.0. The van der Waals surface area contributed by atoms with Gasteiger partial charge in [-0.15, -0.1) is 11.3 Å². The van der Waals surface area contributed by atoms with E-state index >= 15 is 0 Å². The van der Waals surface area contributed by atoms with E-state index < -0.39 is 12.2 Å². The molecule has 0 radical (unpaired) electrons. The summed E-state index contributed by atoms with van der Waals surface area (Å²) < 4.78 is 4.67. The van der Waals surface area contributed by atoms with Crippen molar-refractivity contribution in [3.63, 3.8) is 0 Å². The Hall–Kier alpha value is -1.14. The molecule has 0 fully saturated rings. The van der Waals surface area contributed by atoms with E-state index in [4.69, 9.17) is 0 Å². The first-order valence-corrected chi connectivity index (χ1v) is 5.08. The van der Waals surface area contributed by atoms with Crippen LogP contribution in [0.4, 0.5) is 9.93 Å². The Balaban J connectivity index is 2.55. The molecule has 78 valence electrons. The van der Waals surface area contributed by atoms with Gasteiger partial charge >= 0.3 is 6.09 Å². The highest BCUT2D eigenvalue weighted by atomic mass is 32.1. The second-order valence-corrected chi connectivity index (χ2v) is 3.46. The number of ether oxygens (including phenoxy) is 1. The molecule has 1 heterocycles. The van der Waals surface area contributed by atoms with Gasteiger partial charge in [-0.2, -0.15) is 0 Å². The van der Waals surface area contributed by atoms with Gasteiger partial charge in [-0.3, -0.25) is 5.32 Å². The van der Waals surface area contributed by atoms with E-state index in [-0.39, 0.29) is 0 Å². The smallest absolute Gasteiger partial charge is 0.413 e. The molecule has 1 aromatic heterocycles. The van der Waals surface area contributed by atoms with E-state index in [0.29, 0.717) is 17.4 Å². The minimum Gasteiger partial charge on any atom is -0.450 e. The monoisotopic (exact) mass is 216 g/mol. The van der Waals surface area contributed by atoms with Gasteiger partial charge in [-0.05, 0) is 13.8 Å². The van der Waals surface area contributed by atoms with Crippen LogP contribution in [0, 0.1) is 0 Å². The zero-order chi connectivity index (χ0) is 10.6. The predicted octanol–water partition coefficient (Wildman–Crippen LogP) is 1.76. The van der Waals surface area contributed by atoms with Crippen molar-refractivity contribution in [2.45, 2.75) is 20.0 Å². The van der Waals surface area contributed by atoms with Gasteiger partial charge in [0.05, 0.1) is 18.4 Å². The number of amides is 1. The summed E-state index contributed by atoms with van der Waals surface area (Å²) in [6.45, 7) is 3.66. The van der Waals surface area contributed by atoms with Gasteiger partial charge < -0.3 is 9.84 Å². The van der Waals surface area contributed by atoms with Gasteiger partial charge in [0.2, 0.25) is 0 Å². The van der Waals surface area contributed by atoms with Gasteiger partial charge in [0.25, 0.3) is 0 Å². The summed E-state index contributed by atoms with van der Waals surface area (Å²) in [5, 5.41) is 13.7. The van der Waals surface area contributed by atoms with Gasteiger partial charge in [0, 0.05) is 5.38 Å². The Kier molecular flexibility index (Phi) is 3.84. The summed E-state index contributed by atoms with van der Waals surface area (Å²) in [6.07, 6.45) is -1.15. The number of aliphatic hydroxyl groups excluding tert-OH is 1. The SMILES string of the molecule is CCOC(=O)Nc1nc(C(C)O)cs1. The fraction of sp³-hybridized carbons (Fsp3) is 0.500. The van der Waals surface area contributed by atoms with Crippen LogP contribution in [0.25, 0.3) is 0 Å². The topological polar surface area (TPSA) is 71.5 Å². The number of carbonyl (C=O) groups excluding carboxylic acids is 1. The summed E-state index contributed by atoms with van der Waals surface area (Å²) in [5.41, 5.74) is 0.543. The van der Waals surface area contributed by atoms with Crippen LogP contribution in [-0.4, -0.2) is 22.8 Å². The van der Waals surface area contributed by atoms with Crippen molar-refractivity contribution >= 4 is 22.6 Å². The van der Waals surface area contributed by atoms with E-state index in [1.807, 2.05) is 0 Å². The van der Waals surface area contributed by atoms with Crippen molar-refractivity contribution in [3.05, 3.63) is 11.1 Å². The lowest BCUT2D eigenvalue weighted by Gasteiger charge is -2.00. The molecule has 0 bridgehead atoms. The first-order valence-electron chi connectivity index (χ1n) is 4.20. The molecule has 14 heavy (non-hydrogen) atoms. The van der Waals surface area contributed by atoms with E-state index in [2.05, 4.69) is 15.0 Å². The predicted molar refractivity (Wildman–Crippen MR) is 53.4 cm³/mol. The van der Waals surface area contributed by atoms with Crippen molar-refractivity contribution in [1.29, 1.82) is 0 Å². The third kappa shape index (κ3) is 2.97. The molecule has 6 heteroatoms. The van der Waals surface area contributed by atoms with E-state index in [9.17, 15) is 9.90 Å². The third-order valence-electron chi connectivity index (χ3n) is 1.43. The summed E-state index contributed by atoms with van der Waals surface area (Å²) in [4.78, 5) is 15.0. The third-order valence-corrected chi connectivity index (χ3v) is 2.21. The number of thiazole rings is 1. The van der Waals surface area contributed by atoms with Crippen molar-refractivity contribution in [2.24, 2.45) is 0 Å². The lowest BCUT2D eigenvalue weighted by atomic mass is 10.3. The van der Waals surface area contributed by atoms with Crippen LogP contribution in [0.3, 0.4) is 0 Å². The Bertz CT molecular complexity index is 311. The molecule has 0 spiro atoms. The Morgan fingerprint density at radius 1 is 1.86 bits per heavy atom. The number of aliphatic hydroxyl groups is 1. The zero-order valence-corrected chi connectivity index (χ0v) is 8.80. The molecule has 1 rings (SSSR count). The molecule has 0 saturated carbocycles. The Morgan fingerprint density at radius 3 is 3.07 bits per heavy atom. The molecule has 0 aliphatic rings. The molecular formula is C8H12N2O3S. The molecule has 1 aromatic rings. The van der Waals surface area contributed by atoms with Gasteiger partial charge in [-0.25, -0.2) is 9.78 Å². The quantitative estimate of drug-likeness (QED) is 0.807. The van der Waals surface area contributed by atoms with Crippen LogP contribution in [0.5, 0.6) is 0 Å². The molecule has 0 aromatic carbocycles. The zero-order valence-electron chi connectivity index (χ0n) is 7.98. The first kappa shape index (κ1) is 10.9. The summed E-state index contributed by atoms with van der Waals surface area (Å²) in [5.74, 6) is 0. The number of hydrogen-bond donors (Lipinski definition) is 2. The highest BCUT2D eigenvalue weighted by molar-refractivity contribution is 7.13. The number of carbonyl (C=O) groups is 1. The van der Waals surface area contributed by atoms with Crippen molar-refractivity contribution < 1.29 is 14.6 Å². The van der Waals surface area contributed by atoms with Crippen LogP contribution in [0.15, 0.2) is 5.38 Å². The number of hydrogen-bond acceptors (Lipinski definition) is 5. The summed E-state index contributed by atoms with van der Waals surface area (Å²) in [6, 6.07) is 0. The molecular weight excluding hydrogens is 204 g/mol. The molecule has 2 N–H and O–H groups in total. The lowest BCUT2D eigenvalue weighted by Crippen LogP contribution is -2.13. The van der Waals surface area contributed by atoms with Gasteiger partial charge in [0.15, 0.2) is 5.13 Å². The van der Waals surface area contributed by atoms with Crippen molar-refractivity contribution in [2.75, 3.05) is 11.9 Å². The van der Waals surface area contributed by atoms with Crippen LogP contribution < -0.4 is 5.32 Å². The van der Waals surface area contributed by atoms with Gasteiger partial charge in [-0.1, -0.05) is 0 Å². The first-order chi connectivity index (χ1) is 6.63. The maximum Gasteiger partial charge on any atom is 0.413 e. The second kappa shape index (κ2) is 4.92. The second-order valence-electron chi connectivity index (χ2n) is 2.60. The minimum absolute atomic E-state index is 0.320. The fourth-order valence-electron chi connectivity index (χ4n) is 0.790. The average molecular weight is 216 g/mol. The van der Waals surface area contributed by atoms with E-state index in [1.165, 1.54) is 11.3 Å². The number of nitrogens with zero attached hydrogens (tertiary/aromatic N) is 1. The fourth-order valence-corrected chi connectivity index (χ4v) is 1.57. The normalized spacial score (nSPS) is 12.2. The number of anilines is 1. The minimum atomic E-state index is -0.621. The molecule has 0 aliphatic carbocycles. The largest absolute Gasteiger partial charge is 0.450 e. The molecule has 1 amide bonds. The van der Waals surface area contributed by atoms with Crippen LogP contribution in [-0.2, 0) is 4.74 Å². The van der Waals surface area contributed by atoms with Crippen molar-refractivity contribution in [1.82, 2.24) is 4.98 Å². The standard InChI is InChI=1S/C8H12N2O3S/c1-3-13-8(12)10-7-9-6(4-14-7)5(2)11/h4-5,11H,3H2,1-2H3,(H,9,10,12). The number of rotatable bonds is 3. The van der Waals surface area contributed by atoms with Crippen LogP contribution in [0.1, 0.15) is 25.6 Å². The number of nitrogens with one attached hydrogen (secondary N) is 1. The Labute approximate surface area is 85.7 Å². The lowest BCUT2D eigenvalue weighted by molar-refractivity contribution is 0.167. The van der Waals surface area contributed by atoms with E-state index in [1.54, 1.807) is 19.2 Å². The van der Waals surface area contributed by atoms with Crippen molar-refractivity contribution in [3.8, 4) is 0 Å². The maximum absolute atomic E-state index is 11.0. The molecule has 1 unspecified atom stereocenters. The summed E-state index contributed by atoms with van der Waals surface area (Å²) in [7, 11) is 0. The highest BCUT2D eigenvalue weighted by Crippen LogP contribution is 2.20. The van der Waals surface area contributed by atoms with E-state index in [0.717, 1.165) is 0 Å². The highest BCUT2D eigenvalue weighted by Gasteiger charge is 2.09. The molecule has 5 nitrogen and oxygen atoms in total. The number of aromatic nitrogens is 1. The van der Waals surface area contributed by atoms with Gasteiger partial charge in [0.1, 0.15) is 0 Å². The molecule has 0 saturated heterocycles. The average Bonchev–Trinajstić information content (AvgIpc) is 2.53. The van der Waals surface area contributed by atoms with Crippen LogP contribution in [0.2, 0.25) is 0 Å². The molecule has 1 atom stereocenters. The van der Waals surface area contributed by atoms with Crippen LogP contribution >= 0.6 is 11.3 Å².